The monoisotopic (exact) mass is 271 g/mol. The Labute approximate surface area is 120 Å². The van der Waals surface area contributed by atoms with Gasteiger partial charge in [0.15, 0.2) is 0 Å². The molecule has 0 aliphatic carbocycles. The van der Waals surface area contributed by atoms with Crippen molar-refractivity contribution in [2.45, 2.75) is 31.6 Å². The van der Waals surface area contributed by atoms with E-state index in [-0.39, 0.29) is 12.1 Å². The van der Waals surface area contributed by atoms with E-state index in [1.165, 1.54) is 0 Å². The van der Waals surface area contributed by atoms with Crippen LogP contribution in [0.4, 0.5) is 0 Å². The molecule has 3 aliphatic heterocycles. The molecule has 106 valence electrons. The second-order valence-electron chi connectivity index (χ2n) is 5.67. The third kappa shape index (κ3) is 2.60. The lowest BCUT2D eigenvalue weighted by Crippen LogP contribution is -2.57. The Morgan fingerprint density at radius 2 is 2.05 bits per heavy atom. The summed E-state index contributed by atoms with van der Waals surface area (Å²) in [6, 6.07) is 8.05. The molecule has 0 radical (unpaired) electrons. The fraction of sp³-hybridized carbons (Fsp3) is 0.529. The van der Waals surface area contributed by atoms with Gasteiger partial charge in [0.2, 0.25) is 0 Å². The molecule has 3 heterocycles. The first-order chi connectivity index (χ1) is 9.79. The molecule has 0 amide bonds. The van der Waals surface area contributed by atoms with Crippen molar-refractivity contribution in [3.05, 3.63) is 35.4 Å². The first kappa shape index (κ1) is 13.6. The van der Waals surface area contributed by atoms with Crippen LogP contribution in [0.15, 0.2) is 24.3 Å². The van der Waals surface area contributed by atoms with E-state index < -0.39 is 0 Å². The van der Waals surface area contributed by atoms with E-state index in [9.17, 15) is 5.11 Å². The molecule has 20 heavy (non-hydrogen) atoms. The van der Waals surface area contributed by atoms with Crippen molar-refractivity contribution in [1.82, 2.24) is 4.90 Å². The van der Waals surface area contributed by atoms with Crippen LogP contribution < -0.4 is 0 Å². The summed E-state index contributed by atoms with van der Waals surface area (Å²) in [7, 11) is 1.69. The van der Waals surface area contributed by atoms with Crippen LogP contribution in [0.3, 0.4) is 0 Å². The predicted molar refractivity (Wildman–Crippen MR) is 78.1 cm³/mol. The van der Waals surface area contributed by atoms with Crippen LogP contribution in [0, 0.1) is 17.8 Å². The molecule has 3 heteroatoms. The summed E-state index contributed by atoms with van der Waals surface area (Å²) in [6.07, 6.45) is 1.93. The SMILES string of the molecule is COCc1ccccc1C#CC1C(O)C2CCN1CC2. The highest BCUT2D eigenvalue weighted by Gasteiger charge is 2.40. The van der Waals surface area contributed by atoms with Crippen molar-refractivity contribution in [2.24, 2.45) is 5.92 Å². The standard InChI is InChI=1S/C17H21NO2/c1-20-12-15-5-3-2-4-13(15)6-7-16-17(19)14-8-10-18(16)11-9-14/h2-5,14,16-17,19H,8-12H2,1H3. The molecule has 1 aromatic carbocycles. The molecule has 3 aliphatic rings. The van der Waals surface area contributed by atoms with E-state index in [1.807, 2.05) is 24.3 Å². The van der Waals surface area contributed by atoms with Crippen LogP contribution in [0.2, 0.25) is 0 Å². The van der Waals surface area contributed by atoms with Crippen molar-refractivity contribution in [1.29, 1.82) is 0 Å². The van der Waals surface area contributed by atoms with E-state index in [2.05, 4.69) is 16.7 Å². The Hall–Kier alpha value is -1.34. The van der Waals surface area contributed by atoms with Crippen molar-refractivity contribution in [3.8, 4) is 11.8 Å². The number of rotatable bonds is 2. The fourth-order valence-electron chi connectivity index (χ4n) is 3.26. The summed E-state index contributed by atoms with van der Waals surface area (Å²) in [5.74, 6) is 6.98. The minimum Gasteiger partial charge on any atom is -0.390 e. The number of nitrogens with zero attached hydrogens (tertiary/aromatic N) is 1. The molecule has 2 unspecified atom stereocenters. The molecular formula is C17H21NO2. The highest BCUT2D eigenvalue weighted by molar-refractivity contribution is 5.42. The molecule has 2 bridgehead atoms. The van der Waals surface area contributed by atoms with Crippen LogP contribution in [-0.4, -0.2) is 42.4 Å². The zero-order valence-corrected chi connectivity index (χ0v) is 11.9. The predicted octanol–water partition coefficient (Wildman–Crippen LogP) is 1.64. The molecule has 2 atom stereocenters. The Morgan fingerprint density at radius 3 is 2.75 bits per heavy atom. The minimum absolute atomic E-state index is 0.00176. The topological polar surface area (TPSA) is 32.7 Å². The van der Waals surface area contributed by atoms with Crippen LogP contribution in [0.1, 0.15) is 24.0 Å². The zero-order chi connectivity index (χ0) is 13.9. The van der Waals surface area contributed by atoms with Gasteiger partial charge in [-0.25, -0.2) is 0 Å². The van der Waals surface area contributed by atoms with E-state index in [0.29, 0.717) is 12.5 Å². The van der Waals surface area contributed by atoms with E-state index >= 15 is 0 Å². The van der Waals surface area contributed by atoms with Gasteiger partial charge in [0.25, 0.3) is 0 Å². The molecule has 0 aromatic heterocycles. The first-order valence-electron chi connectivity index (χ1n) is 7.30. The summed E-state index contributed by atoms with van der Waals surface area (Å²) < 4.78 is 5.20. The summed E-state index contributed by atoms with van der Waals surface area (Å²) in [5, 5.41) is 10.3. The molecule has 0 saturated carbocycles. The lowest BCUT2D eigenvalue weighted by atomic mass is 9.81. The molecule has 4 rings (SSSR count). The second kappa shape index (κ2) is 5.97. The van der Waals surface area contributed by atoms with Crippen molar-refractivity contribution in [2.75, 3.05) is 20.2 Å². The maximum Gasteiger partial charge on any atom is 0.0983 e. The second-order valence-corrected chi connectivity index (χ2v) is 5.67. The quantitative estimate of drug-likeness (QED) is 0.830. The maximum absolute atomic E-state index is 10.3. The van der Waals surface area contributed by atoms with Crippen molar-refractivity contribution >= 4 is 0 Å². The van der Waals surface area contributed by atoms with Gasteiger partial charge in [-0.2, -0.15) is 0 Å². The molecule has 1 N–H and O–H groups in total. The van der Waals surface area contributed by atoms with Gasteiger partial charge in [-0.15, -0.1) is 0 Å². The van der Waals surface area contributed by atoms with E-state index in [0.717, 1.165) is 37.1 Å². The van der Waals surface area contributed by atoms with Gasteiger partial charge in [0, 0.05) is 12.7 Å². The van der Waals surface area contributed by atoms with Crippen LogP contribution in [-0.2, 0) is 11.3 Å². The van der Waals surface area contributed by atoms with Crippen LogP contribution in [0.5, 0.6) is 0 Å². The minimum atomic E-state index is -0.292. The molecule has 1 aromatic rings. The number of fused-ring (bicyclic) bond motifs is 3. The van der Waals surface area contributed by atoms with Gasteiger partial charge in [0.05, 0.1) is 18.8 Å². The summed E-state index contributed by atoms with van der Waals surface area (Å²) in [6.45, 7) is 2.71. The molecule has 3 saturated heterocycles. The Balaban J connectivity index is 1.81. The van der Waals surface area contributed by atoms with E-state index in [4.69, 9.17) is 4.74 Å². The van der Waals surface area contributed by atoms with Crippen LogP contribution in [0.25, 0.3) is 0 Å². The highest BCUT2D eigenvalue weighted by atomic mass is 16.5. The first-order valence-corrected chi connectivity index (χ1v) is 7.30. The maximum atomic E-state index is 10.3. The molecule has 3 nitrogen and oxygen atoms in total. The smallest absolute Gasteiger partial charge is 0.0983 e. The fourth-order valence-corrected chi connectivity index (χ4v) is 3.26. The number of hydrogen-bond donors (Lipinski definition) is 1. The zero-order valence-electron chi connectivity index (χ0n) is 11.9. The number of hydrogen-bond acceptors (Lipinski definition) is 3. The van der Waals surface area contributed by atoms with Gasteiger partial charge in [-0.05, 0) is 43.5 Å². The third-order valence-electron chi connectivity index (χ3n) is 4.45. The summed E-state index contributed by atoms with van der Waals surface area (Å²) in [5.41, 5.74) is 2.11. The number of piperidine rings is 3. The average Bonchev–Trinajstić information content (AvgIpc) is 2.49. The largest absolute Gasteiger partial charge is 0.390 e. The van der Waals surface area contributed by atoms with Gasteiger partial charge in [-0.3, -0.25) is 4.90 Å². The van der Waals surface area contributed by atoms with Gasteiger partial charge in [0.1, 0.15) is 0 Å². The van der Waals surface area contributed by atoms with Gasteiger partial charge in [-0.1, -0.05) is 30.0 Å². The number of ether oxygens (including phenoxy) is 1. The molecular weight excluding hydrogens is 250 g/mol. The summed E-state index contributed by atoms with van der Waals surface area (Å²) >= 11 is 0. The lowest BCUT2D eigenvalue weighted by Gasteiger charge is -2.46. The Bertz CT molecular complexity index is 521. The molecule has 3 fully saturated rings. The number of aliphatic hydroxyl groups is 1. The number of benzene rings is 1. The van der Waals surface area contributed by atoms with Gasteiger partial charge >= 0.3 is 0 Å². The lowest BCUT2D eigenvalue weighted by molar-refractivity contribution is -0.0500. The van der Waals surface area contributed by atoms with Crippen molar-refractivity contribution in [3.63, 3.8) is 0 Å². The van der Waals surface area contributed by atoms with Crippen molar-refractivity contribution < 1.29 is 9.84 Å². The molecule has 0 spiro atoms. The number of methoxy groups -OCH3 is 1. The third-order valence-corrected chi connectivity index (χ3v) is 4.45. The van der Waals surface area contributed by atoms with E-state index in [1.54, 1.807) is 7.11 Å². The Kier molecular flexibility index (Phi) is 4.07. The van der Waals surface area contributed by atoms with Crippen LogP contribution >= 0.6 is 0 Å². The van der Waals surface area contributed by atoms with Gasteiger partial charge < -0.3 is 9.84 Å². The normalized spacial score (nSPS) is 31.7. The average molecular weight is 271 g/mol. The summed E-state index contributed by atoms with van der Waals surface area (Å²) in [4.78, 5) is 2.32. The number of aliphatic hydroxyl groups excluding tert-OH is 1. The Morgan fingerprint density at radius 1 is 1.30 bits per heavy atom. The highest BCUT2D eigenvalue weighted by Crippen LogP contribution is 2.31.